The van der Waals surface area contributed by atoms with Gasteiger partial charge in [0.25, 0.3) is 0 Å². The maximum absolute atomic E-state index is 11.6. The van der Waals surface area contributed by atoms with E-state index in [0.717, 1.165) is 22.9 Å². The fourth-order valence-electron chi connectivity index (χ4n) is 2.26. The molecule has 1 aromatic rings. The number of nitrogens with one attached hydrogen (secondary N) is 1. The standard InChI is InChI=1S/C15H17N3O3S/c1-8-5-3-4-6-10(8)13-12(14(20)21)9(2)17-15(18-13)22-7-11(16)19/h3-6,13H,7H2,1-2H3,(H2,16,19)(H,17,18)(H,20,21). The highest BCUT2D eigenvalue weighted by molar-refractivity contribution is 8.14. The number of carboxylic acid groups (broad SMARTS) is 1. The molecule has 1 unspecified atom stereocenters. The number of benzene rings is 1. The topological polar surface area (TPSA) is 105 Å². The molecule has 22 heavy (non-hydrogen) atoms. The summed E-state index contributed by atoms with van der Waals surface area (Å²) in [5.41, 5.74) is 7.66. The Kier molecular flexibility index (Phi) is 4.87. The number of primary amides is 1. The molecule has 1 aliphatic heterocycles. The Morgan fingerprint density at radius 3 is 2.64 bits per heavy atom. The molecule has 0 fully saturated rings. The number of amidine groups is 1. The summed E-state index contributed by atoms with van der Waals surface area (Å²) in [5.74, 6) is -1.38. The molecule has 1 aliphatic rings. The summed E-state index contributed by atoms with van der Waals surface area (Å²) >= 11 is 1.16. The van der Waals surface area contributed by atoms with E-state index in [1.807, 2.05) is 31.2 Å². The molecule has 0 saturated carbocycles. The van der Waals surface area contributed by atoms with E-state index in [9.17, 15) is 14.7 Å². The zero-order chi connectivity index (χ0) is 16.3. The van der Waals surface area contributed by atoms with Gasteiger partial charge in [-0.3, -0.25) is 4.79 Å². The Balaban J connectivity index is 2.43. The molecule has 0 saturated heterocycles. The summed E-state index contributed by atoms with van der Waals surface area (Å²) in [4.78, 5) is 27.0. The largest absolute Gasteiger partial charge is 0.478 e. The highest BCUT2D eigenvalue weighted by Crippen LogP contribution is 2.33. The molecule has 0 radical (unpaired) electrons. The van der Waals surface area contributed by atoms with E-state index in [4.69, 9.17) is 5.73 Å². The third-order valence-corrected chi connectivity index (χ3v) is 4.19. The zero-order valence-corrected chi connectivity index (χ0v) is 13.1. The minimum absolute atomic E-state index is 0.0853. The first kappa shape index (κ1) is 16.1. The molecule has 7 heteroatoms. The highest BCUT2D eigenvalue weighted by Gasteiger charge is 2.30. The summed E-state index contributed by atoms with van der Waals surface area (Å²) in [7, 11) is 0. The number of hydrogen-bond acceptors (Lipinski definition) is 5. The van der Waals surface area contributed by atoms with Gasteiger partial charge in [0.2, 0.25) is 5.91 Å². The number of nitrogens with two attached hydrogens (primary N) is 1. The quantitative estimate of drug-likeness (QED) is 0.781. The number of hydrogen-bond donors (Lipinski definition) is 3. The first-order valence-corrected chi connectivity index (χ1v) is 7.64. The van der Waals surface area contributed by atoms with Crippen LogP contribution in [0.1, 0.15) is 24.1 Å². The Hall–Kier alpha value is -2.28. The van der Waals surface area contributed by atoms with Crippen molar-refractivity contribution in [3.05, 3.63) is 46.7 Å². The van der Waals surface area contributed by atoms with Crippen molar-refractivity contribution in [1.29, 1.82) is 0 Å². The molecule has 0 aromatic heterocycles. The predicted molar refractivity (Wildman–Crippen MR) is 86.5 cm³/mol. The van der Waals surface area contributed by atoms with Gasteiger partial charge < -0.3 is 16.2 Å². The van der Waals surface area contributed by atoms with Crippen molar-refractivity contribution in [2.45, 2.75) is 19.9 Å². The van der Waals surface area contributed by atoms with Crippen molar-refractivity contribution >= 4 is 28.8 Å². The van der Waals surface area contributed by atoms with Gasteiger partial charge in [-0.1, -0.05) is 36.0 Å². The number of carbonyl (C=O) groups is 2. The van der Waals surface area contributed by atoms with Crippen LogP contribution in [0.5, 0.6) is 0 Å². The molecule has 0 bridgehead atoms. The summed E-state index contributed by atoms with van der Waals surface area (Å²) in [6.45, 7) is 3.60. The van der Waals surface area contributed by atoms with Crippen molar-refractivity contribution in [3.8, 4) is 0 Å². The van der Waals surface area contributed by atoms with Crippen molar-refractivity contribution in [3.63, 3.8) is 0 Å². The van der Waals surface area contributed by atoms with Crippen LogP contribution in [0.3, 0.4) is 0 Å². The van der Waals surface area contributed by atoms with Gasteiger partial charge in [-0.15, -0.1) is 0 Å². The van der Waals surface area contributed by atoms with Crippen molar-refractivity contribution in [2.24, 2.45) is 10.7 Å². The first-order valence-electron chi connectivity index (χ1n) is 6.65. The van der Waals surface area contributed by atoms with Crippen LogP contribution in [-0.2, 0) is 9.59 Å². The van der Waals surface area contributed by atoms with Gasteiger partial charge in [0.05, 0.1) is 11.3 Å². The van der Waals surface area contributed by atoms with Crippen LogP contribution in [0.4, 0.5) is 0 Å². The van der Waals surface area contributed by atoms with Gasteiger partial charge in [-0.05, 0) is 25.0 Å². The molecule has 0 spiro atoms. The third-order valence-electron chi connectivity index (χ3n) is 3.28. The van der Waals surface area contributed by atoms with Crippen molar-refractivity contribution in [1.82, 2.24) is 5.32 Å². The maximum atomic E-state index is 11.6. The average Bonchev–Trinajstić information content (AvgIpc) is 2.44. The second-order valence-corrected chi connectivity index (χ2v) is 5.88. The van der Waals surface area contributed by atoms with E-state index in [1.165, 1.54) is 0 Å². The molecule has 1 amide bonds. The van der Waals surface area contributed by atoms with E-state index in [-0.39, 0.29) is 11.3 Å². The molecular formula is C15H17N3O3S. The minimum atomic E-state index is -1.01. The van der Waals surface area contributed by atoms with Gasteiger partial charge in [-0.2, -0.15) is 0 Å². The summed E-state index contributed by atoms with van der Waals surface area (Å²) in [6, 6.07) is 6.92. The molecule has 0 aliphatic carbocycles. The molecule has 2 rings (SSSR count). The second kappa shape index (κ2) is 6.65. The van der Waals surface area contributed by atoms with Gasteiger partial charge in [0.1, 0.15) is 6.04 Å². The van der Waals surface area contributed by atoms with Gasteiger partial charge in [-0.25, -0.2) is 9.79 Å². The van der Waals surface area contributed by atoms with Gasteiger partial charge >= 0.3 is 5.97 Å². The molecule has 116 valence electrons. The number of allylic oxidation sites excluding steroid dienone is 1. The number of carboxylic acids is 1. The molecule has 6 nitrogen and oxygen atoms in total. The Morgan fingerprint density at radius 1 is 1.36 bits per heavy atom. The fraction of sp³-hybridized carbons (Fsp3) is 0.267. The van der Waals surface area contributed by atoms with Crippen LogP contribution >= 0.6 is 11.8 Å². The summed E-state index contributed by atoms with van der Waals surface area (Å²) < 4.78 is 0. The lowest BCUT2D eigenvalue weighted by atomic mass is 9.93. The molecule has 1 aromatic carbocycles. The number of aryl methyl sites for hydroxylation is 1. The fourth-order valence-corrected chi connectivity index (χ4v) is 2.94. The maximum Gasteiger partial charge on any atom is 0.335 e. The van der Waals surface area contributed by atoms with Crippen LogP contribution < -0.4 is 11.1 Å². The number of rotatable bonds is 4. The van der Waals surface area contributed by atoms with Gasteiger partial charge in [0, 0.05) is 5.70 Å². The number of nitrogens with zero attached hydrogens (tertiary/aromatic N) is 1. The van der Waals surface area contributed by atoms with Crippen molar-refractivity contribution in [2.75, 3.05) is 5.75 Å². The van der Waals surface area contributed by atoms with Crippen LogP contribution in [0.25, 0.3) is 0 Å². The van der Waals surface area contributed by atoms with Crippen LogP contribution in [-0.4, -0.2) is 27.9 Å². The molecule has 4 N–H and O–H groups in total. The molecule has 1 atom stereocenters. The van der Waals surface area contributed by atoms with E-state index in [0.29, 0.717) is 10.9 Å². The summed E-state index contributed by atoms with van der Waals surface area (Å²) in [6.07, 6.45) is 0. The monoisotopic (exact) mass is 319 g/mol. The minimum Gasteiger partial charge on any atom is -0.478 e. The molecule has 1 heterocycles. The summed E-state index contributed by atoms with van der Waals surface area (Å²) in [5, 5.41) is 12.9. The SMILES string of the molecule is CC1=C(C(=O)O)C(c2ccccc2C)N=C(SCC(N)=O)N1. The molecular weight excluding hydrogens is 302 g/mol. The number of amides is 1. The van der Waals surface area contributed by atoms with Crippen molar-refractivity contribution < 1.29 is 14.7 Å². The Bertz CT molecular complexity index is 682. The van der Waals surface area contributed by atoms with Crippen LogP contribution in [0, 0.1) is 6.92 Å². The number of aliphatic carboxylic acids is 1. The lowest BCUT2D eigenvalue weighted by Gasteiger charge is -2.25. The number of thioether (sulfide) groups is 1. The Morgan fingerprint density at radius 2 is 2.05 bits per heavy atom. The normalized spacial score (nSPS) is 17.7. The Labute approximate surface area is 132 Å². The van der Waals surface area contributed by atoms with E-state index >= 15 is 0 Å². The van der Waals surface area contributed by atoms with Crippen LogP contribution in [0.15, 0.2) is 40.5 Å². The van der Waals surface area contributed by atoms with E-state index < -0.39 is 17.9 Å². The lowest BCUT2D eigenvalue weighted by molar-refractivity contribution is -0.133. The lowest BCUT2D eigenvalue weighted by Crippen LogP contribution is -2.31. The van der Waals surface area contributed by atoms with E-state index in [2.05, 4.69) is 10.3 Å². The van der Waals surface area contributed by atoms with E-state index in [1.54, 1.807) is 6.92 Å². The van der Waals surface area contributed by atoms with Gasteiger partial charge in [0.15, 0.2) is 5.17 Å². The highest BCUT2D eigenvalue weighted by atomic mass is 32.2. The smallest absolute Gasteiger partial charge is 0.335 e. The zero-order valence-electron chi connectivity index (χ0n) is 12.3. The average molecular weight is 319 g/mol. The van der Waals surface area contributed by atoms with Crippen LogP contribution in [0.2, 0.25) is 0 Å². The number of carbonyl (C=O) groups excluding carboxylic acids is 1. The predicted octanol–water partition coefficient (Wildman–Crippen LogP) is 1.57. The number of aliphatic imine (C=N–C) groups is 1. The first-order chi connectivity index (χ1) is 10.4. The second-order valence-electron chi connectivity index (χ2n) is 4.92. The third kappa shape index (κ3) is 3.48.